The maximum Gasteiger partial charge on any atom is 0.240 e. The third-order valence-corrected chi connectivity index (χ3v) is 4.91. The first-order valence-corrected chi connectivity index (χ1v) is 8.78. The van der Waals surface area contributed by atoms with Crippen LogP contribution in [-0.2, 0) is 21.2 Å². The van der Waals surface area contributed by atoms with Gasteiger partial charge in [0, 0.05) is 30.5 Å². The number of amides is 1. The molecule has 0 atom stereocenters. The minimum Gasteiger partial charge on any atom is -0.362 e. The monoisotopic (exact) mass is 335 g/mol. The van der Waals surface area contributed by atoms with E-state index in [1.54, 1.807) is 12.1 Å². The summed E-state index contributed by atoms with van der Waals surface area (Å²) in [6.45, 7) is 5.67. The molecular formula is C16H21N3O3S. The molecule has 1 amide bonds. The van der Waals surface area contributed by atoms with E-state index in [9.17, 15) is 13.2 Å². The summed E-state index contributed by atoms with van der Waals surface area (Å²) in [5.41, 5.74) is 3.79. The van der Waals surface area contributed by atoms with Crippen LogP contribution in [0.5, 0.6) is 0 Å². The predicted octanol–water partition coefficient (Wildman–Crippen LogP) is 2.11. The topological polar surface area (TPSA) is 91.1 Å². The SMILES string of the molecule is CC(=O)Nc1ccc(S(=O)(=O)NCCc2cc(C)[nH]c2C)cc1. The van der Waals surface area contributed by atoms with Gasteiger partial charge in [0.15, 0.2) is 0 Å². The van der Waals surface area contributed by atoms with Crippen molar-refractivity contribution in [2.45, 2.75) is 32.1 Å². The number of aromatic nitrogens is 1. The maximum absolute atomic E-state index is 12.2. The van der Waals surface area contributed by atoms with Gasteiger partial charge in [0.1, 0.15) is 0 Å². The van der Waals surface area contributed by atoms with E-state index in [2.05, 4.69) is 15.0 Å². The molecule has 1 heterocycles. The fourth-order valence-corrected chi connectivity index (χ4v) is 3.40. The van der Waals surface area contributed by atoms with Crippen molar-refractivity contribution in [2.75, 3.05) is 11.9 Å². The second-order valence-corrected chi connectivity index (χ2v) is 7.22. The lowest BCUT2D eigenvalue weighted by Crippen LogP contribution is -2.26. The number of aryl methyl sites for hydroxylation is 2. The Morgan fingerprint density at radius 3 is 2.35 bits per heavy atom. The summed E-state index contributed by atoms with van der Waals surface area (Å²) in [6.07, 6.45) is 0.624. The first-order chi connectivity index (χ1) is 10.8. The molecule has 0 aliphatic rings. The number of hydrogen-bond donors (Lipinski definition) is 3. The third-order valence-electron chi connectivity index (χ3n) is 3.43. The lowest BCUT2D eigenvalue weighted by atomic mass is 10.2. The maximum atomic E-state index is 12.2. The Kier molecular flexibility index (Phi) is 5.23. The van der Waals surface area contributed by atoms with Crippen molar-refractivity contribution in [3.05, 3.63) is 47.3 Å². The Bertz CT molecular complexity index is 792. The van der Waals surface area contributed by atoms with Crippen LogP contribution in [0.2, 0.25) is 0 Å². The van der Waals surface area contributed by atoms with Crippen LogP contribution >= 0.6 is 0 Å². The van der Waals surface area contributed by atoms with Gasteiger partial charge in [-0.1, -0.05) is 0 Å². The zero-order chi connectivity index (χ0) is 17.0. The molecular weight excluding hydrogens is 314 g/mol. The number of carbonyl (C=O) groups is 1. The normalized spacial score (nSPS) is 11.4. The summed E-state index contributed by atoms with van der Waals surface area (Å²) in [5.74, 6) is -0.198. The average Bonchev–Trinajstić information content (AvgIpc) is 2.77. The Morgan fingerprint density at radius 2 is 1.83 bits per heavy atom. The third kappa shape index (κ3) is 4.67. The van der Waals surface area contributed by atoms with E-state index < -0.39 is 10.0 Å². The molecule has 0 fully saturated rings. The van der Waals surface area contributed by atoms with Crippen LogP contribution in [0.15, 0.2) is 35.2 Å². The van der Waals surface area contributed by atoms with Crippen LogP contribution < -0.4 is 10.0 Å². The van der Waals surface area contributed by atoms with Crippen LogP contribution in [-0.4, -0.2) is 25.9 Å². The highest BCUT2D eigenvalue weighted by Gasteiger charge is 2.13. The molecule has 0 aliphatic carbocycles. The Balaban J connectivity index is 1.98. The van der Waals surface area contributed by atoms with Crippen molar-refractivity contribution < 1.29 is 13.2 Å². The molecule has 124 valence electrons. The van der Waals surface area contributed by atoms with E-state index in [0.717, 1.165) is 17.0 Å². The molecule has 0 saturated carbocycles. The van der Waals surface area contributed by atoms with Gasteiger partial charge in [0.05, 0.1) is 4.90 Å². The molecule has 2 aromatic rings. The fraction of sp³-hybridized carbons (Fsp3) is 0.312. The molecule has 1 aromatic carbocycles. The number of rotatable bonds is 6. The van der Waals surface area contributed by atoms with E-state index in [1.807, 2.05) is 19.9 Å². The summed E-state index contributed by atoms with van der Waals surface area (Å²) in [4.78, 5) is 14.3. The molecule has 0 aliphatic heterocycles. The molecule has 23 heavy (non-hydrogen) atoms. The van der Waals surface area contributed by atoms with Gasteiger partial charge in [-0.25, -0.2) is 13.1 Å². The Hall–Kier alpha value is -2.12. The van der Waals surface area contributed by atoms with Crippen LogP contribution in [0, 0.1) is 13.8 Å². The molecule has 2 rings (SSSR count). The highest BCUT2D eigenvalue weighted by molar-refractivity contribution is 7.89. The average molecular weight is 335 g/mol. The molecule has 0 bridgehead atoms. The molecule has 0 radical (unpaired) electrons. The second-order valence-electron chi connectivity index (χ2n) is 5.46. The highest BCUT2D eigenvalue weighted by Crippen LogP contribution is 2.14. The van der Waals surface area contributed by atoms with Crippen molar-refractivity contribution in [2.24, 2.45) is 0 Å². The summed E-state index contributed by atoms with van der Waals surface area (Å²) in [5, 5.41) is 2.60. The van der Waals surface area contributed by atoms with Crippen LogP contribution in [0.1, 0.15) is 23.9 Å². The van der Waals surface area contributed by atoms with Crippen molar-refractivity contribution in [1.29, 1.82) is 0 Å². The van der Waals surface area contributed by atoms with Crippen LogP contribution in [0.25, 0.3) is 0 Å². The number of nitrogens with one attached hydrogen (secondary N) is 3. The van der Waals surface area contributed by atoms with Gasteiger partial charge in [-0.2, -0.15) is 0 Å². The predicted molar refractivity (Wildman–Crippen MR) is 89.9 cm³/mol. The Morgan fingerprint density at radius 1 is 1.17 bits per heavy atom. The van der Waals surface area contributed by atoms with E-state index in [0.29, 0.717) is 18.7 Å². The number of aromatic amines is 1. The number of H-pyrrole nitrogens is 1. The fourth-order valence-electron chi connectivity index (χ4n) is 2.37. The smallest absolute Gasteiger partial charge is 0.240 e. The van der Waals surface area contributed by atoms with Gasteiger partial charge < -0.3 is 10.3 Å². The number of anilines is 1. The van der Waals surface area contributed by atoms with Crippen LogP contribution in [0.3, 0.4) is 0 Å². The molecule has 0 unspecified atom stereocenters. The van der Waals surface area contributed by atoms with Crippen molar-refractivity contribution in [3.8, 4) is 0 Å². The second kappa shape index (κ2) is 6.97. The quantitative estimate of drug-likeness (QED) is 0.755. The zero-order valence-corrected chi connectivity index (χ0v) is 14.3. The van der Waals surface area contributed by atoms with Crippen molar-refractivity contribution in [3.63, 3.8) is 0 Å². The molecule has 6 nitrogen and oxygen atoms in total. The number of sulfonamides is 1. The summed E-state index contributed by atoms with van der Waals surface area (Å²) in [7, 11) is -3.55. The summed E-state index contributed by atoms with van der Waals surface area (Å²) >= 11 is 0. The molecule has 1 aromatic heterocycles. The number of carbonyl (C=O) groups excluding carboxylic acids is 1. The lowest BCUT2D eigenvalue weighted by molar-refractivity contribution is -0.114. The van der Waals surface area contributed by atoms with E-state index in [1.165, 1.54) is 19.1 Å². The van der Waals surface area contributed by atoms with Crippen molar-refractivity contribution >= 4 is 21.6 Å². The minimum absolute atomic E-state index is 0.175. The van der Waals surface area contributed by atoms with Gasteiger partial charge >= 0.3 is 0 Å². The molecule has 0 saturated heterocycles. The van der Waals surface area contributed by atoms with E-state index in [4.69, 9.17) is 0 Å². The standard InChI is InChI=1S/C16H21N3O3S/c1-11-10-14(12(2)18-11)8-9-17-23(21,22)16-6-4-15(5-7-16)19-13(3)20/h4-7,10,17-18H,8-9H2,1-3H3,(H,19,20). The molecule has 0 spiro atoms. The lowest BCUT2D eigenvalue weighted by Gasteiger charge is -2.08. The van der Waals surface area contributed by atoms with Gasteiger partial charge in [0.25, 0.3) is 0 Å². The zero-order valence-electron chi connectivity index (χ0n) is 13.4. The van der Waals surface area contributed by atoms with Crippen LogP contribution in [0.4, 0.5) is 5.69 Å². The molecule has 3 N–H and O–H groups in total. The Labute approximate surface area is 136 Å². The summed E-state index contributed by atoms with van der Waals surface area (Å²) < 4.78 is 27.1. The van der Waals surface area contributed by atoms with E-state index in [-0.39, 0.29) is 10.8 Å². The largest absolute Gasteiger partial charge is 0.362 e. The van der Waals surface area contributed by atoms with Gasteiger partial charge in [-0.3, -0.25) is 4.79 Å². The highest BCUT2D eigenvalue weighted by atomic mass is 32.2. The number of hydrogen-bond acceptors (Lipinski definition) is 3. The molecule has 7 heteroatoms. The van der Waals surface area contributed by atoms with Gasteiger partial charge in [0.2, 0.25) is 15.9 Å². The minimum atomic E-state index is -3.55. The first-order valence-electron chi connectivity index (χ1n) is 7.30. The van der Waals surface area contributed by atoms with Crippen molar-refractivity contribution in [1.82, 2.24) is 9.71 Å². The van der Waals surface area contributed by atoms with Gasteiger partial charge in [-0.15, -0.1) is 0 Å². The number of benzene rings is 1. The van der Waals surface area contributed by atoms with Gasteiger partial charge in [-0.05, 0) is 56.2 Å². The van der Waals surface area contributed by atoms with E-state index >= 15 is 0 Å². The summed E-state index contributed by atoms with van der Waals surface area (Å²) in [6, 6.07) is 8.09. The first kappa shape index (κ1) is 17.2.